The molecule has 0 radical (unpaired) electrons. The van der Waals surface area contributed by atoms with E-state index in [0.29, 0.717) is 18.0 Å². The van der Waals surface area contributed by atoms with Gasteiger partial charge in [0, 0.05) is 50.5 Å². The summed E-state index contributed by atoms with van der Waals surface area (Å²) in [5, 5.41) is 0. The van der Waals surface area contributed by atoms with E-state index in [1.807, 2.05) is 4.90 Å². The second-order valence-electron chi connectivity index (χ2n) is 8.91. The van der Waals surface area contributed by atoms with Crippen molar-refractivity contribution in [2.75, 3.05) is 40.3 Å². The number of hydrogen-bond acceptors (Lipinski definition) is 4. The van der Waals surface area contributed by atoms with Crippen LogP contribution in [0.25, 0.3) is 0 Å². The second kappa shape index (κ2) is 7.76. The highest BCUT2D eigenvalue weighted by Crippen LogP contribution is 2.40. The third kappa shape index (κ3) is 4.27. The molecule has 3 aliphatic rings. The van der Waals surface area contributed by atoms with Crippen molar-refractivity contribution in [3.63, 3.8) is 0 Å². The van der Waals surface area contributed by atoms with E-state index in [9.17, 15) is 9.59 Å². The quantitative estimate of drug-likeness (QED) is 0.751. The predicted molar refractivity (Wildman–Crippen MR) is 106 cm³/mol. The van der Waals surface area contributed by atoms with E-state index < -0.39 is 0 Å². The summed E-state index contributed by atoms with van der Waals surface area (Å²) in [6.07, 6.45) is 6.73. The van der Waals surface area contributed by atoms with Gasteiger partial charge in [-0.1, -0.05) is 6.07 Å². The van der Waals surface area contributed by atoms with Crippen LogP contribution in [0.2, 0.25) is 0 Å². The van der Waals surface area contributed by atoms with E-state index in [-0.39, 0.29) is 18.0 Å². The molecular weight excluding hydrogens is 340 g/mol. The molecule has 1 aromatic rings. The van der Waals surface area contributed by atoms with E-state index in [4.69, 9.17) is 0 Å². The topological polar surface area (TPSA) is 48.8 Å². The Morgan fingerprint density at radius 3 is 2.74 bits per heavy atom. The lowest BCUT2D eigenvalue weighted by molar-refractivity contribution is -0.134. The molecule has 0 aromatic carbocycles. The molecule has 0 spiro atoms. The number of carbonyl (C=O) groups is 1. The molecule has 3 heterocycles. The maximum Gasteiger partial charge on any atom is 0.250 e. The largest absolute Gasteiger partial charge is 0.341 e. The molecular formula is C21H32N4O2. The standard InChI is InChI=1S/C21H32N4O2/c1-22(2)14-18-11-17-13-24(10-8-19(17)25(18)12-16-6-7-16)21(27)15-23-9-4-3-5-20(23)26/h3-5,9,16-19H,6-8,10-15H2,1-2H3/t17-,18+,19+/m1/s1. The number of amides is 1. The fourth-order valence-corrected chi connectivity index (χ4v) is 4.99. The molecule has 1 aromatic heterocycles. The highest BCUT2D eigenvalue weighted by atomic mass is 16.2. The number of piperidine rings is 1. The van der Waals surface area contributed by atoms with Crippen molar-refractivity contribution in [3.05, 3.63) is 34.7 Å². The molecule has 2 aliphatic heterocycles. The first-order valence-corrected chi connectivity index (χ1v) is 10.3. The maximum atomic E-state index is 12.8. The van der Waals surface area contributed by atoms with Crippen molar-refractivity contribution in [2.24, 2.45) is 11.8 Å². The zero-order chi connectivity index (χ0) is 19.0. The van der Waals surface area contributed by atoms with Crippen molar-refractivity contribution in [3.8, 4) is 0 Å². The van der Waals surface area contributed by atoms with Crippen molar-refractivity contribution in [2.45, 2.75) is 44.3 Å². The van der Waals surface area contributed by atoms with Gasteiger partial charge in [0.1, 0.15) is 6.54 Å². The van der Waals surface area contributed by atoms with E-state index >= 15 is 0 Å². The zero-order valence-electron chi connectivity index (χ0n) is 16.6. The Labute approximate surface area is 161 Å². The summed E-state index contributed by atoms with van der Waals surface area (Å²) in [6.45, 7) is 4.16. The Morgan fingerprint density at radius 2 is 2.04 bits per heavy atom. The normalized spacial score (nSPS) is 28.6. The summed E-state index contributed by atoms with van der Waals surface area (Å²) in [6, 6.07) is 6.27. The molecule has 27 heavy (non-hydrogen) atoms. The fourth-order valence-electron chi connectivity index (χ4n) is 4.99. The first-order valence-electron chi connectivity index (χ1n) is 10.3. The number of nitrogens with zero attached hydrogens (tertiary/aromatic N) is 4. The van der Waals surface area contributed by atoms with Crippen LogP contribution >= 0.6 is 0 Å². The van der Waals surface area contributed by atoms with Gasteiger partial charge in [-0.3, -0.25) is 14.5 Å². The van der Waals surface area contributed by atoms with Crippen LogP contribution < -0.4 is 5.56 Å². The number of pyridine rings is 1. The van der Waals surface area contributed by atoms with Gasteiger partial charge in [0.2, 0.25) is 5.91 Å². The van der Waals surface area contributed by atoms with Crippen LogP contribution in [0.3, 0.4) is 0 Å². The number of rotatable bonds is 6. The van der Waals surface area contributed by atoms with Gasteiger partial charge < -0.3 is 14.4 Å². The van der Waals surface area contributed by atoms with Crippen molar-refractivity contribution in [1.29, 1.82) is 0 Å². The third-order valence-electron chi connectivity index (χ3n) is 6.46. The molecule has 2 saturated heterocycles. The molecule has 1 aliphatic carbocycles. The van der Waals surface area contributed by atoms with Crippen molar-refractivity contribution in [1.82, 2.24) is 19.3 Å². The fraction of sp³-hybridized carbons (Fsp3) is 0.714. The Hall–Kier alpha value is -1.66. The summed E-state index contributed by atoms with van der Waals surface area (Å²) >= 11 is 0. The number of carbonyl (C=O) groups excluding carboxylic acids is 1. The van der Waals surface area contributed by atoms with Gasteiger partial charge in [0.05, 0.1) is 0 Å². The first-order chi connectivity index (χ1) is 13.0. The molecule has 3 atom stereocenters. The van der Waals surface area contributed by atoms with Gasteiger partial charge in [-0.2, -0.15) is 0 Å². The maximum absolute atomic E-state index is 12.8. The Bertz CT molecular complexity index is 727. The van der Waals surface area contributed by atoms with Gasteiger partial charge >= 0.3 is 0 Å². The molecule has 1 amide bonds. The average Bonchev–Trinajstić information content (AvgIpc) is 3.39. The molecule has 4 rings (SSSR count). The molecule has 3 fully saturated rings. The molecule has 0 unspecified atom stereocenters. The first kappa shape index (κ1) is 18.7. The second-order valence-corrected chi connectivity index (χ2v) is 8.91. The van der Waals surface area contributed by atoms with Crippen LogP contribution in [0.1, 0.15) is 25.7 Å². The minimum absolute atomic E-state index is 0.0755. The number of fused-ring (bicyclic) bond motifs is 1. The highest BCUT2D eigenvalue weighted by molar-refractivity contribution is 5.76. The summed E-state index contributed by atoms with van der Waals surface area (Å²) in [5.74, 6) is 1.54. The Morgan fingerprint density at radius 1 is 1.22 bits per heavy atom. The monoisotopic (exact) mass is 372 g/mol. The number of likely N-dealkylation sites (N-methyl/N-ethyl adjacent to an activating group) is 1. The molecule has 6 nitrogen and oxygen atoms in total. The van der Waals surface area contributed by atoms with Gasteiger partial charge in [0.25, 0.3) is 5.56 Å². The Balaban J connectivity index is 1.41. The van der Waals surface area contributed by atoms with Crippen molar-refractivity contribution < 1.29 is 4.79 Å². The average molecular weight is 373 g/mol. The minimum atomic E-state index is -0.108. The van der Waals surface area contributed by atoms with E-state index in [0.717, 1.165) is 32.0 Å². The highest BCUT2D eigenvalue weighted by Gasteiger charge is 2.45. The predicted octanol–water partition coefficient (Wildman–Crippen LogP) is 1.11. The minimum Gasteiger partial charge on any atom is -0.341 e. The third-order valence-corrected chi connectivity index (χ3v) is 6.46. The lowest BCUT2D eigenvalue weighted by Crippen LogP contribution is -2.50. The summed E-state index contributed by atoms with van der Waals surface area (Å²) in [4.78, 5) is 31.7. The molecule has 0 bridgehead atoms. The summed E-state index contributed by atoms with van der Waals surface area (Å²) in [7, 11) is 4.31. The Kier molecular flexibility index (Phi) is 5.37. The summed E-state index contributed by atoms with van der Waals surface area (Å²) < 4.78 is 1.51. The molecule has 0 N–H and O–H groups in total. The molecule has 1 saturated carbocycles. The number of likely N-dealkylation sites (tertiary alicyclic amines) is 2. The number of aromatic nitrogens is 1. The van der Waals surface area contributed by atoms with Crippen LogP contribution in [-0.2, 0) is 11.3 Å². The molecule has 6 heteroatoms. The van der Waals surface area contributed by atoms with E-state index in [1.165, 1.54) is 36.4 Å². The lowest BCUT2D eigenvalue weighted by Gasteiger charge is -2.39. The van der Waals surface area contributed by atoms with Gasteiger partial charge in [-0.05, 0) is 57.7 Å². The van der Waals surface area contributed by atoms with Crippen LogP contribution in [0.4, 0.5) is 0 Å². The summed E-state index contributed by atoms with van der Waals surface area (Å²) in [5.41, 5.74) is -0.108. The van der Waals surface area contributed by atoms with Gasteiger partial charge in [0.15, 0.2) is 0 Å². The smallest absolute Gasteiger partial charge is 0.250 e. The zero-order valence-corrected chi connectivity index (χ0v) is 16.6. The van der Waals surface area contributed by atoms with Crippen LogP contribution in [0, 0.1) is 11.8 Å². The lowest BCUT2D eigenvalue weighted by atomic mass is 9.92. The van der Waals surface area contributed by atoms with E-state index in [1.54, 1.807) is 18.3 Å². The van der Waals surface area contributed by atoms with Crippen molar-refractivity contribution >= 4 is 5.91 Å². The van der Waals surface area contributed by atoms with E-state index in [2.05, 4.69) is 23.9 Å². The number of hydrogen-bond donors (Lipinski definition) is 0. The molecule has 148 valence electrons. The SMILES string of the molecule is CN(C)C[C@@H]1C[C@@H]2CN(C(=O)Cn3ccccc3=O)CC[C@@H]2N1CC1CC1. The van der Waals surface area contributed by atoms with Crippen LogP contribution in [-0.4, -0.2) is 77.5 Å². The van der Waals surface area contributed by atoms with Crippen LogP contribution in [0.15, 0.2) is 29.2 Å². The van der Waals surface area contributed by atoms with Gasteiger partial charge in [-0.15, -0.1) is 0 Å². The van der Waals surface area contributed by atoms with Gasteiger partial charge in [-0.25, -0.2) is 0 Å². The van der Waals surface area contributed by atoms with Crippen LogP contribution in [0.5, 0.6) is 0 Å².